The van der Waals surface area contributed by atoms with Crippen molar-refractivity contribution in [2.45, 2.75) is 0 Å². The predicted octanol–water partition coefficient (Wildman–Crippen LogP) is 2.56. The van der Waals surface area contributed by atoms with Crippen LogP contribution in [0.15, 0.2) is 41.8 Å². The Balaban J connectivity index is 1.95. The number of amides is 1. The Hall–Kier alpha value is -1.72. The van der Waals surface area contributed by atoms with Crippen LogP contribution in [0.4, 0.5) is 0 Å². The van der Waals surface area contributed by atoms with Crippen molar-refractivity contribution < 1.29 is 4.79 Å². The number of aromatic nitrogens is 1. The summed E-state index contributed by atoms with van der Waals surface area (Å²) >= 11 is 6.94. The third-order valence-corrected chi connectivity index (χ3v) is 3.11. The summed E-state index contributed by atoms with van der Waals surface area (Å²) in [4.78, 5) is 16.0. The lowest BCUT2D eigenvalue weighted by Gasteiger charge is -1.95. The number of halogens is 1. The summed E-state index contributed by atoms with van der Waals surface area (Å²) in [6, 6.07) is 6.91. The first-order valence-corrected chi connectivity index (χ1v) is 5.94. The van der Waals surface area contributed by atoms with Gasteiger partial charge in [0, 0.05) is 12.4 Å². The van der Waals surface area contributed by atoms with Gasteiger partial charge in [-0.2, -0.15) is 5.10 Å². The highest BCUT2D eigenvalue weighted by Crippen LogP contribution is 2.20. The maximum absolute atomic E-state index is 11.6. The van der Waals surface area contributed by atoms with Crippen molar-refractivity contribution in [3.05, 3.63) is 51.4 Å². The van der Waals surface area contributed by atoms with E-state index in [1.807, 2.05) is 0 Å². The third-order valence-electron chi connectivity index (χ3n) is 1.88. The molecule has 0 saturated carbocycles. The fraction of sp³-hybridized carbons (Fsp3) is 0. The number of nitrogens with zero attached hydrogens (tertiary/aromatic N) is 2. The molecule has 17 heavy (non-hydrogen) atoms. The van der Waals surface area contributed by atoms with Gasteiger partial charge in [0.15, 0.2) is 0 Å². The van der Waals surface area contributed by atoms with Crippen LogP contribution in [-0.4, -0.2) is 17.1 Å². The van der Waals surface area contributed by atoms with Crippen LogP contribution in [0.3, 0.4) is 0 Å². The van der Waals surface area contributed by atoms with Gasteiger partial charge in [0.05, 0.1) is 15.4 Å². The number of nitrogens with one attached hydrogen (secondary N) is 1. The molecule has 0 radical (unpaired) electrons. The van der Waals surface area contributed by atoms with Gasteiger partial charge in [-0.15, -0.1) is 11.3 Å². The number of carbonyl (C=O) groups is 1. The van der Waals surface area contributed by atoms with Crippen LogP contribution in [0.5, 0.6) is 0 Å². The van der Waals surface area contributed by atoms with Gasteiger partial charge in [-0.3, -0.25) is 9.78 Å². The Morgan fingerprint density at radius 1 is 1.35 bits per heavy atom. The average Bonchev–Trinajstić information content (AvgIpc) is 2.77. The number of pyridine rings is 1. The van der Waals surface area contributed by atoms with Crippen molar-refractivity contribution >= 4 is 35.1 Å². The van der Waals surface area contributed by atoms with Crippen molar-refractivity contribution in [1.29, 1.82) is 0 Å². The average molecular weight is 266 g/mol. The molecule has 2 heterocycles. The number of thiophene rings is 1. The number of hydrogen-bond acceptors (Lipinski definition) is 4. The van der Waals surface area contributed by atoms with E-state index in [1.54, 1.807) is 42.9 Å². The molecule has 0 bridgehead atoms. The fourth-order valence-electron chi connectivity index (χ4n) is 1.11. The normalized spacial score (nSPS) is 10.6. The third kappa shape index (κ3) is 3.37. The highest BCUT2D eigenvalue weighted by Gasteiger charge is 2.06. The predicted molar refractivity (Wildman–Crippen MR) is 68.6 cm³/mol. The molecule has 0 aliphatic heterocycles. The minimum absolute atomic E-state index is 0.271. The summed E-state index contributed by atoms with van der Waals surface area (Å²) in [5.41, 5.74) is 3.29. The molecule has 4 nitrogen and oxygen atoms in total. The number of hydrazone groups is 1. The van der Waals surface area contributed by atoms with Gasteiger partial charge < -0.3 is 0 Å². The quantitative estimate of drug-likeness (QED) is 0.685. The highest BCUT2D eigenvalue weighted by atomic mass is 35.5. The molecule has 0 atom stereocenters. The lowest BCUT2D eigenvalue weighted by atomic mass is 10.3. The Bertz CT molecular complexity index is 539. The monoisotopic (exact) mass is 265 g/mol. The summed E-state index contributed by atoms with van der Waals surface area (Å²) < 4.78 is 0.577. The van der Waals surface area contributed by atoms with Gasteiger partial charge in [-0.05, 0) is 29.8 Å². The Morgan fingerprint density at radius 3 is 2.76 bits per heavy atom. The van der Waals surface area contributed by atoms with Crippen molar-refractivity contribution in [2.24, 2.45) is 5.10 Å². The molecule has 2 aromatic heterocycles. The van der Waals surface area contributed by atoms with Gasteiger partial charge in [0.1, 0.15) is 0 Å². The van der Waals surface area contributed by atoms with E-state index in [1.165, 1.54) is 11.3 Å². The van der Waals surface area contributed by atoms with Crippen molar-refractivity contribution in [3.63, 3.8) is 0 Å². The second kappa shape index (κ2) is 5.56. The number of rotatable bonds is 3. The highest BCUT2D eigenvalue weighted by molar-refractivity contribution is 7.17. The lowest BCUT2D eigenvalue weighted by molar-refractivity contribution is 0.0959. The van der Waals surface area contributed by atoms with Crippen LogP contribution >= 0.6 is 22.9 Å². The smallest absolute Gasteiger partial charge is 0.266 e. The van der Waals surface area contributed by atoms with Gasteiger partial charge in [0.2, 0.25) is 0 Å². The number of hydrogen-bond donors (Lipinski definition) is 1. The van der Waals surface area contributed by atoms with Gasteiger partial charge in [-0.1, -0.05) is 11.6 Å². The first kappa shape index (κ1) is 11.8. The minimum Gasteiger partial charge on any atom is -0.266 e. The van der Waals surface area contributed by atoms with E-state index in [-0.39, 0.29) is 5.91 Å². The molecule has 1 amide bonds. The Morgan fingerprint density at radius 2 is 2.12 bits per heavy atom. The molecule has 0 fully saturated rings. The molecule has 0 aromatic carbocycles. The molecule has 2 rings (SSSR count). The first-order valence-electron chi connectivity index (χ1n) is 4.74. The Labute approximate surface area is 107 Å². The van der Waals surface area contributed by atoms with Crippen LogP contribution < -0.4 is 5.43 Å². The molecule has 0 unspecified atom stereocenters. The Kier molecular flexibility index (Phi) is 3.85. The van der Waals surface area contributed by atoms with E-state index >= 15 is 0 Å². The van der Waals surface area contributed by atoms with Crippen LogP contribution in [-0.2, 0) is 0 Å². The molecular weight excluding hydrogens is 258 g/mol. The standard InChI is InChI=1S/C11H8ClN3OS/c12-10-2-1-9(17-10)11(16)15-14-7-8-3-5-13-6-4-8/h1-7H,(H,15,16). The van der Waals surface area contributed by atoms with Gasteiger partial charge in [0.25, 0.3) is 5.91 Å². The van der Waals surface area contributed by atoms with E-state index in [2.05, 4.69) is 15.5 Å². The molecule has 0 aliphatic carbocycles. The molecule has 6 heteroatoms. The zero-order valence-electron chi connectivity index (χ0n) is 8.63. The van der Waals surface area contributed by atoms with Crippen molar-refractivity contribution in [1.82, 2.24) is 10.4 Å². The molecule has 2 aromatic rings. The lowest BCUT2D eigenvalue weighted by Crippen LogP contribution is -2.16. The van der Waals surface area contributed by atoms with Crippen molar-refractivity contribution in [3.8, 4) is 0 Å². The molecule has 86 valence electrons. The van der Waals surface area contributed by atoms with E-state index in [0.717, 1.165) is 5.56 Å². The summed E-state index contributed by atoms with van der Waals surface area (Å²) in [5, 5.41) is 3.84. The van der Waals surface area contributed by atoms with Crippen LogP contribution in [0.2, 0.25) is 4.34 Å². The molecule has 1 N–H and O–H groups in total. The molecule has 0 aliphatic rings. The summed E-state index contributed by atoms with van der Waals surface area (Å²) in [5.74, 6) is -0.271. The van der Waals surface area contributed by atoms with Gasteiger partial charge in [-0.25, -0.2) is 5.43 Å². The minimum atomic E-state index is -0.271. The summed E-state index contributed by atoms with van der Waals surface area (Å²) in [6.45, 7) is 0. The van der Waals surface area contributed by atoms with Gasteiger partial charge >= 0.3 is 0 Å². The molecular formula is C11H8ClN3OS. The second-order valence-corrected chi connectivity index (χ2v) is 4.80. The SMILES string of the molecule is O=C(NN=Cc1ccncc1)c1ccc(Cl)s1. The maximum Gasteiger partial charge on any atom is 0.281 e. The summed E-state index contributed by atoms with van der Waals surface area (Å²) in [6.07, 6.45) is 4.86. The zero-order valence-corrected chi connectivity index (χ0v) is 10.2. The van der Waals surface area contributed by atoms with E-state index in [4.69, 9.17) is 11.6 Å². The topological polar surface area (TPSA) is 54.4 Å². The van der Waals surface area contributed by atoms with Crippen LogP contribution in [0.25, 0.3) is 0 Å². The maximum atomic E-state index is 11.6. The van der Waals surface area contributed by atoms with E-state index in [0.29, 0.717) is 9.21 Å². The zero-order chi connectivity index (χ0) is 12.1. The van der Waals surface area contributed by atoms with Crippen molar-refractivity contribution in [2.75, 3.05) is 0 Å². The molecule has 0 spiro atoms. The van der Waals surface area contributed by atoms with Crippen LogP contribution in [0, 0.1) is 0 Å². The largest absolute Gasteiger partial charge is 0.281 e. The van der Waals surface area contributed by atoms with E-state index < -0.39 is 0 Å². The summed E-state index contributed by atoms with van der Waals surface area (Å²) in [7, 11) is 0. The number of carbonyl (C=O) groups excluding carboxylic acids is 1. The first-order chi connectivity index (χ1) is 8.25. The van der Waals surface area contributed by atoms with Crippen LogP contribution in [0.1, 0.15) is 15.2 Å². The molecule has 0 saturated heterocycles. The van der Waals surface area contributed by atoms with E-state index in [9.17, 15) is 4.79 Å². The second-order valence-electron chi connectivity index (χ2n) is 3.08. The fourth-order valence-corrected chi connectivity index (χ4v) is 2.04.